The lowest BCUT2D eigenvalue weighted by Crippen LogP contribution is -2.12. The Balaban J connectivity index is 2.32. The summed E-state index contributed by atoms with van der Waals surface area (Å²) in [5.41, 5.74) is 2.93. The zero-order valence-electron chi connectivity index (χ0n) is 12.3. The minimum Gasteiger partial charge on any atom is -0.453 e. The van der Waals surface area contributed by atoms with E-state index in [0.29, 0.717) is 5.02 Å². The fourth-order valence-electron chi connectivity index (χ4n) is 2.06. The van der Waals surface area contributed by atoms with Crippen LogP contribution in [0.15, 0.2) is 18.2 Å². The first-order valence-electron chi connectivity index (χ1n) is 6.70. The summed E-state index contributed by atoms with van der Waals surface area (Å²) in [6.07, 6.45) is 0. The summed E-state index contributed by atoms with van der Waals surface area (Å²) in [4.78, 5) is 0. The summed E-state index contributed by atoms with van der Waals surface area (Å²) in [6.45, 7) is 7.64. The van der Waals surface area contributed by atoms with Crippen molar-refractivity contribution in [2.24, 2.45) is 7.05 Å². The van der Waals surface area contributed by atoms with E-state index in [2.05, 4.69) is 17.3 Å². The lowest BCUT2D eigenvalue weighted by molar-refractivity contribution is 0.465. The van der Waals surface area contributed by atoms with E-state index in [4.69, 9.17) is 16.3 Å². The number of ether oxygens (including phenoxy) is 1. The van der Waals surface area contributed by atoms with Crippen molar-refractivity contribution in [3.05, 3.63) is 40.2 Å². The van der Waals surface area contributed by atoms with Crippen molar-refractivity contribution in [3.63, 3.8) is 0 Å². The van der Waals surface area contributed by atoms with Crippen molar-refractivity contribution >= 4 is 11.6 Å². The normalized spacial score (nSPS) is 10.8. The van der Waals surface area contributed by atoms with Gasteiger partial charge in [-0.1, -0.05) is 18.5 Å². The molecule has 0 aliphatic heterocycles. The van der Waals surface area contributed by atoms with E-state index < -0.39 is 0 Å². The van der Waals surface area contributed by atoms with Crippen LogP contribution in [0.2, 0.25) is 5.02 Å². The highest BCUT2D eigenvalue weighted by Crippen LogP contribution is 2.31. The van der Waals surface area contributed by atoms with Gasteiger partial charge in [0.1, 0.15) is 11.4 Å². The Labute approximate surface area is 124 Å². The average Bonchev–Trinajstić information content (AvgIpc) is 2.65. The molecule has 0 bridgehead atoms. The average molecular weight is 294 g/mol. The summed E-state index contributed by atoms with van der Waals surface area (Å²) in [5, 5.41) is 8.37. The molecule has 0 unspecified atom stereocenters. The monoisotopic (exact) mass is 293 g/mol. The van der Waals surface area contributed by atoms with E-state index in [-0.39, 0.29) is 0 Å². The molecule has 4 nitrogen and oxygen atoms in total. The van der Waals surface area contributed by atoms with Crippen molar-refractivity contribution in [3.8, 4) is 11.5 Å². The Hall–Kier alpha value is -1.52. The van der Waals surface area contributed by atoms with Gasteiger partial charge < -0.3 is 10.1 Å². The van der Waals surface area contributed by atoms with Gasteiger partial charge in [-0.15, -0.1) is 0 Å². The lowest BCUT2D eigenvalue weighted by Gasteiger charge is -2.12. The first kappa shape index (κ1) is 14.9. The second-order valence-electron chi connectivity index (χ2n) is 4.76. The van der Waals surface area contributed by atoms with Gasteiger partial charge in [-0.2, -0.15) is 5.10 Å². The van der Waals surface area contributed by atoms with Crippen LogP contribution in [-0.2, 0) is 13.6 Å². The number of benzene rings is 1. The lowest BCUT2D eigenvalue weighted by atomic mass is 10.2. The van der Waals surface area contributed by atoms with Gasteiger partial charge in [0.2, 0.25) is 0 Å². The summed E-state index contributed by atoms with van der Waals surface area (Å²) in [5.74, 6) is 1.63. The summed E-state index contributed by atoms with van der Waals surface area (Å²) < 4.78 is 7.89. The van der Waals surface area contributed by atoms with Crippen LogP contribution in [0, 0.1) is 13.8 Å². The molecule has 0 saturated carbocycles. The van der Waals surface area contributed by atoms with Gasteiger partial charge in [-0.05, 0) is 38.6 Å². The predicted octanol–water partition coefficient (Wildman–Crippen LogP) is 3.59. The molecule has 1 heterocycles. The molecule has 0 fully saturated rings. The number of aryl methyl sites for hydroxylation is 2. The molecule has 108 valence electrons. The fourth-order valence-corrected chi connectivity index (χ4v) is 2.25. The van der Waals surface area contributed by atoms with Gasteiger partial charge in [-0.25, -0.2) is 0 Å². The fraction of sp³-hybridized carbons (Fsp3) is 0.400. The number of nitrogens with zero attached hydrogens (tertiary/aromatic N) is 2. The molecule has 0 radical (unpaired) electrons. The molecule has 2 aromatic rings. The second-order valence-corrected chi connectivity index (χ2v) is 5.19. The van der Waals surface area contributed by atoms with E-state index in [9.17, 15) is 0 Å². The van der Waals surface area contributed by atoms with E-state index in [1.165, 1.54) is 0 Å². The topological polar surface area (TPSA) is 39.1 Å². The number of aromatic nitrogens is 2. The summed E-state index contributed by atoms with van der Waals surface area (Å²) in [7, 11) is 1.91. The third-order valence-electron chi connectivity index (χ3n) is 3.24. The number of halogens is 1. The minimum atomic E-state index is 0.713. The van der Waals surface area contributed by atoms with Gasteiger partial charge in [-0.3, -0.25) is 4.68 Å². The molecule has 0 saturated heterocycles. The molecule has 20 heavy (non-hydrogen) atoms. The molecule has 0 atom stereocenters. The van der Waals surface area contributed by atoms with Crippen LogP contribution in [0.3, 0.4) is 0 Å². The van der Waals surface area contributed by atoms with Crippen LogP contribution >= 0.6 is 11.6 Å². The standard InChI is InChI=1S/C15H20ClN3O/c1-5-17-9-12-8-13(16)6-7-14(12)20-15-10(2)18-19(4)11(15)3/h6-8,17H,5,9H2,1-4H3. The van der Waals surface area contributed by atoms with Crippen molar-refractivity contribution < 1.29 is 4.74 Å². The highest BCUT2D eigenvalue weighted by molar-refractivity contribution is 6.30. The molecular formula is C15H20ClN3O. The molecule has 0 amide bonds. The molecular weight excluding hydrogens is 274 g/mol. The maximum absolute atomic E-state index is 6.07. The number of hydrogen-bond acceptors (Lipinski definition) is 3. The predicted molar refractivity (Wildman–Crippen MR) is 81.6 cm³/mol. The molecule has 1 aromatic heterocycles. The quantitative estimate of drug-likeness (QED) is 0.915. The third kappa shape index (κ3) is 3.14. The van der Waals surface area contributed by atoms with E-state index >= 15 is 0 Å². The van der Waals surface area contributed by atoms with Crippen LogP contribution in [0.1, 0.15) is 23.9 Å². The van der Waals surface area contributed by atoms with Crippen molar-refractivity contribution in [1.82, 2.24) is 15.1 Å². The van der Waals surface area contributed by atoms with Crippen molar-refractivity contribution in [2.75, 3.05) is 6.54 Å². The Morgan fingerprint density at radius 1 is 1.35 bits per heavy atom. The Bertz CT molecular complexity index is 607. The van der Waals surface area contributed by atoms with Gasteiger partial charge in [0.05, 0.1) is 5.69 Å². The molecule has 1 aromatic carbocycles. The van der Waals surface area contributed by atoms with E-state index in [1.54, 1.807) is 0 Å². The van der Waals surface area contributed by atoms with Crippen LogP contribution in [-0.4, -0.2) is 16.3 Å². The van der Waals surface area contributed by atoms with Crippen LogP contribution in [0.4, 0.5) is 0 Å². The molecule has 1 N–H and O–H groups in total. The zero-order chi connectivity index (χ0) is 14.7. The van der Waals surface area contributed by atoms with Crippen molar-refractivity contribution in [2.45, 2.75) is 27.3 Å². The molecule has 0 aliphatic rings. The summed E-state index contributed by atoms with van der Waals surface area (Å²) in [6, 6.07) is 5.68. The van der Waals surface area contributed by atoms with Gasteiger partial charge in [0.15, 0.2) is 5.75 Å². The Morgan fingerprint density at radius 3 is 2.70 bits per heavy atom. The highest BCUT2D eigenvalue weighted by Gasteiger charge is 2.14. The van der Waals surface area contributed by atoms with Gasteiger partial charge in [0.25, 0.3) is 0 Å². The maximum Gasteiger partial charge on any atom is 0.171 e. The smallest absolute Gasteiger partial charge is 0.171 e. The number of hydrogen-bond donors (Lipinski definition) is 1. The molecule has 0 aliphatic carbocycles. The molecule has 0 spiro atoms. The SMILES string of the molecule is CCNCc1cc(Cl)ccc1Oc1c(C)nn(C)c1C. The van der Waals surface area contributed by atoms with E-state index in [1.807, 2.05) is 43.8 Å². The molecule has 5 heteroatoms. The summed E-state index contributed by atoms with van der Waals surface area (Å²) >= 11 is 6.07. The number of nitrogens with one attached hydrogen (secondary N) is 1. The van der Waals surface area contributed by atoms with Gasteiger partial charge in [0, 0.05) is 24.2 Å². The first-order valence-corrected chi connectivity index (χ1v) is 7.08. The van der Waals surface area contributed by atoms with E-state index in [0.717, 1.165) is 41.5 Å². The first-order chi connectivity index (χ1) is 9.52. The van der Waals surface area contributed by atoms with Gasteiger partial charge >= 0.3 is 0 Å². The Morgan fingerprint density at radius 2 is 2.10 bits per heavy atom. The van der Waals surface area contributed by atoms with Crippen LogP contribution < -0.4 is 10.1 Å². The van der Waals surface area contributed by atoms with Crippen LogP contribution in [0.25, 0.3) is 0 Å². The highest BCUT2D eigenvalue weighted by atomic mass is 35.5. The zero-order valence-corrected chi connectivity index (χ0v) is 13.1. The third-order valence-corrected chi connectivity index (χ3v) is 3.48. The maximum atomic E-state index is 6.07. The van der Waals surface area contributed by atoms with Crippen LogP contribution in [0.5, 0.6) is 11.5 Å². The second kappa shape index (κ2) is 6.29. The van der Waals surface area contributed by atoms with Crippen molar-refractivity contribution in [1.29, 1.82) is 0 Å². The number of rotatable bonds is 5. The minimum absolute atomic E-state index is 0.713. The molecule has 2 rings (SSSR count). The largest absolute Gasteiger partial charge is 0.453 e. The Kier molecular flexibility index (Phi) is 4.68.